The van der Waals surface area contributed by atoms with Gasteiger partial charge >= 0.3 is 12.0 Å². The Morgan fingerprint density at radius 1 is 1.50 bits per heavy atom. The molecule has 0 saturated heterocycles. The minimum Gasteiger partial charge on any atom is -0.481 e. The Bertz CT molecular complexity index is 138. The van der Waals surface area contributed by atoms with Crippen LogP contribution in [0.5, 0.6) is 0 Å². The molecule has 0 aromatic rings. The third kappa shape index (κ3) is 4.82. The summed E-state index contributed by atoms with van der Waals surface area (Å²) in [5, 5.41) is 9.99. The van der Waals surface area contributed by atoms with E-state index in [0.29, 0.717) is 0 Å². The van der Waals surface area contributed by atoms with Gasteiger partial charge in [-0.1, -0.05) is 4.48 Å². The zero-order valence-corrected chi connectivity index (χ0v) is 5.06. The lowest BCUT2D eigenvalue weighted by Crippen LogP contribution is -2.31. The number of carboxylic acid groups (broad SMARTS) is 1. The maximum atomic E-state index is 11.1. The highest BCUT2D eigenvalue weighted by Gasteiger charge is 1.99. The van der Waals surface area contributed by atoms with Gasteiger partial charge in [0.2, 0.25) is 0 Å². The third-order valence-corrected chi connectivity index (χ3v) is 0.710. The van der Waals surface area contributed by atoms with Crippen molar-refractivity contribution in [1.29, 1.82) is 0 Å². The number of hydrogen-bond acceptors (Lipinski definition) is 2. The average Bonchev–Trinajstić information content (AvgIpc) is 1.87. The minimum atomic E-state index is -1.04. The molecule has 0 fully saturated rings. The van der Waals surface area contributed by atoms with Crippen molar-refractivity contribution < 1.29 is 19.2 Å². The van der Waals surface area contributed by atoms with Gasteiger partial charge < -0.3 is 10.4 Å². The van der Waals surface area contributed by atoms with Gasteiger partial charge in [0.25, 0.3) is 0 Å². The summed E-state index contributed by atoms with van der Waals surface area (Å²) in [7, 11) is 0. The molecular weight excluding hydrogens is 143 g/mol. The highest BCUT2D eigenvalue weighted by Crippen LogP contribution is 1.74. The Hall–Kier alpha value is -1.33. The maximum Gasteiger partial charge on any atom is 0.342 e. The second kappa shape index (κ2) is 4.54. The van der Waals surface area contributed by atoms with Gasteiger partial charge in [-0.05, 0) is 0 Å². The zero-order valence-electron chi connectivity index (χ0n) is 5.06. The lowest BCUT2D eigenvalue weighted by atomic mass is 10.4. The molecule has 0 radical (unpaired) electrons. The van der Waals surface area contributed by atoms with E-state index >= 15 is 0 Å². The monoisotopic (exact) mass is 150 g/mol. The first-order valence-electron chi connectivity index (χ1n) is 2.53. The lowest BCUT2D eigenvalue weighted by Gasteiger charge is -1.97. The van der Waals surface area contributed by atoms with Crippen molar-refractivity contribution in [3.8, 4) is 0 Å². The van der Waals surface area contributed by atoms with E-state index in [-0.39, 0.29) is 13.0 Å². The van der Waals surface area contributed by atoms with Crippen LogP contribution in [0.4, 0.5) is 9.28 Å². The molecule has 58 valence electrons. The quantitative estimate of drug-likeness (QED) is 0.481. The first-order valence-corrected chi connectivity index (χ1v) is 2.53. The van der Waals surface area contributed by atoms with Crippen LogP contribution in [0.15, 0.2) is 0 Å². The highest BCUT2D eigenvalue weighted by molar-refractivity contribution is 5.73. The Kier molecular flexibility index (Phi) is 3.94. The number of aliphatic carboxylic acids is 1. The van der Waals surface area contributed by atoms with Crippen molar-refractivity contribution in [2.24, 2.45) is 0 Å². The molecule has 0 aliphatic rings. The second-order valence-corrected chi connectivity index (χ2v) is 1.49. The molecule has 0 aliphatic carbocycles. The largest absolute Gasteiger partial charge is 0.481 e. The van der Waals surface area contributed by atoms with Crippen molar-refractivity contribution in [3.05, 3.63) is 0 Å². The number of urea groups is 1. The number of hydrogen-bond donors (Lipinski definition) is 3. The van der Waals surface area contributed by atoms with E-state index in [9.17, 15) is 14.1 Å². The summed E-state index contributed by atoms with van der Waals surface area (Å²) in [6.07, 6.45) is -0.215. The molecule has 0 spiro atoms. The molecule has 0 heterocycles. The molecule has 0 unspecified atom stereocenters. The Labute approximate surface area is 56.2 Å². The van der Waals surface area contributed by atoms with E-state index < -0.39 is 12.0 Å². The lowest BCUT2D eigenvalue weighted by molar-refractivity contribution is -0.136. The van der Waals surface area contributed by atoms with Crippen LogP contribution in [0.1, 0.15) is 6.42 Å². The standard InChI is InChI=1S/C4H7FN2O3/c5-7-4(10)6-2-1-3(8)9/h1-2H2,(H,8,9)(H2,6,7,10). The van der Waals surface area contributed by atoms with E-state index in [1.54, 1.807) is 0 Å². The summed E-state index contributed by atoms with van der Waals surface area (Å²) >= 11 is 0. The molecule has 6 heteroatoms. The number of carbonyl (C=O) groups excluding carboxylic acids is 1. The molecule has 3 N–H and O–H groups in total. The summed E-state index contributed by atoms with van der Waals surface area (Å²) in [5.41, 5.74) is 0.796. The fourth-order valence-electron chi connectivity index (χ4n) is 0.316. The molecule has 0 atom stereocenters. The molecule has 2 amide bonds. The Morgan fingerprint density at radius 2 is 2.10 bits per heavy atom. The summed E-state index contributed by atoms with van der Waals surface area (Å²) in [4.78, 5) is 19.8. The Balaban J connectivity index is 3.20. The molecule has 0 aromatic heterocycles. The minimum absolute atomic E-state index is 0.0783. The number of carbonyl (C=O) groups is 2. The van der Waals surface area contributed by atoms with Crippen LogP contribution in [0.3, 0.4) is 0 Å². The predicted octanol–water partition coefficient (Wildman–Crippen LogP) is -0.355. The van der Waals surface area contributed by atoms with Crippen molar-refractivity contribution in [1.82, 2.24) is 10.9 Å². The van der Waals surface area contributed by atoms with Crippen LogP contribution in [0, 0.1) is 0 Å². The van der Waals surface area contributed by atoms with E-state index in [0.717, 1.165) is 5.54 Å². The van der Waals surface area contributed by atoms with E-state index in [1.807, 2.05) is 5.32 Å². The average molecular weight is 150 g/mol. The third-order valence-electron chi connectivity index (χ3n) is 0.710. The zero-order chi connectivity index (χ0) is 7.98. The van der Waals surface area contributed by atoms with Gasteiger partial charge in [0.1, 0.15) is 0 Å². The first kappa shape index (κ1) is 8.67. The van der Waals surface area contributed by atoms with Gasteiger partial charge in [0.15, 0.2) is 0 Å². The molecule has 0 saturated carbocycles. The SMILES string of the molecule is O=C(O)CCNC(=O)NF. The van der Waals surface area contributed by atoms with Crippen molar-refractivity contribution in [2.45, 2.75) is 6.42 Å². The maximum absolute atomic E-state index is 11.1. The molecule has 0 aliphatic heterocycles. The number of amides is 2. The van der Waals surface area contributed by atoms with Crippen LogP contribution in [0.25, 0.3) is 0 Å². The van der Waals surface area contributed by atoms with Gasteiger partial charge in [-0.15, -0.1) is 0 Å². The Morgan fingerprint density at radius 3 is 2.50 bits per heavy atom. The fourth-order valence-corrected chi connectivity index (χ4v) is 0.316. The molecule has 5 nitrogen and oxygen atoms in total. The number of halogens is 1. The fraction of sp³-hybridized carbons (Fsp3) is 0.500. The molecule has 0 bridgehead atoms. The smallest absolute Gasteiger partial charge is 0.342 e. The normalized spacial score (nSPS) is 8.50. The molecular formula is C4H7FN2O3. The molecule has 0 aromatic carbocycles. The van der Waals surface area contributed by atoms with Crippen molar-refractivity contribution >= 4 is 12.0 Å². The first-order chi connectivity index (χ1) is 4.66. The van der Waals surface area contributed by atoms with Gasteiger partial charge in [-0.2, -0.15) is 5.54 Å². The molecule has 0 rings (SSSR count). The van der Waals surface area contributed by atoms with E-state index in [4.69, 9.17) is 5.11 Å². The van der Waals surface area contributed by atoms with Crippen LogP contribution in [-0.4, -0.2) is 23.7 Å². The van der Waals surface area contributed by atoms with Gasteiger partial charge in [0.05, 0.1) is 6.42 Å². The number of nitrogens with one attached hydrogen (secondary N) is 2. The van der Waals surface area contributed by atoms with Crippen LogP contribution in [-0.2, 0) is 4.79 Å². The van der Waals surface area contributed by atoms with E-state index in [1.165, 1.54) is 0 Å². The summed E-state index contributed by atoms with van der Waals surface area (Å²) in [5.74, 6) is -1.04. The molecule has 10 heavy (non-hydrogen) atoms. The topological polar surface area (TPSA) is 78.4 Å². The van der Waals surface area contributed by atoms with Crippen molar-refractivity contribution in [3.63, 3.8) is 0 Å². The van der Waals surface area contributed by atoms with Crippen LogP contribution < -0.4 is 10.9 Å². The van der Waals surface area contributed by atoms with Gasteiger partial charge in [0, 0.05) is 6.54 Å². The highest BCUT2D eigenvalue weighted by atomic mass is 19.2. The van der Waals surface area contributed by atoms with E-state index in [2.05, 4.69) is 0 Å². The summed E-state index contributed by atoms with van der Waals surface area (Å²) in [6.45, 7) is -0.0783. The van der Waals surface area contributed by atoms with Gasteiger partial charge in [-0.3, -0.25) is 4.79 Å². The predicted molar refractivity (Wildman–Crippen MR) is 29.9 cm³/mol. The van der Waals surface area contributed by atoms with Gasteiger partial charge in [-0.25, -0.2) is 4.79 Å². The number of rotatable bonds is 3. The summed E-state index contributed by atoms with van der Waals surface area (Å²) < 4.78 is 11.1. The summed E-state index contributed by atoms with van der Waals surface area (Å²) in [6, 6.07) is -1.03. The second-order valence-electron chi connectivity index (χ2n) is 1.49. The van der Waals surface area contributed by atoms with Crippen LogP contribution >= 0.6 is 0 Å². The van der Waals surface area contributed by atoms with Crippen LogP contribution in [0.2, 0.25) is 0 Å². The number of carboxylic acids is 1. The van der Waals surface area contributed by atoms with Crippen molar-refractivity contribution in [2.75, 3.05) is 6.54 Å².